The second-order valence-electron chi connectivity index (χ2n) is 6.06. The highest BCUT2D eigenvalue weighted by Crippen LogP contribution is 2.47. The van der Waals surface area contributed by atoms with Crippen molar-refractivity contribution < 1.29 is 9.15 Å². The molecule has 0 aliphatic carbocycles. The predicted molar refractivity (Wildman–Crippen MR) is 113 cm³/mol. The van der Waals surface area contributed by atoms with Crippen molar-refractivity contribution in [1.82, 2.24) is 4.98 Å². The zero-order valence-electron chi connectivity index (χ0n) is 14.5. The van der Waals surface area contributed by atoms with Crippen LogP contribution < -0.4 is 4.74 Å². The Kier molecular flexibility index (Phi) is 4.03. The maximum absolute atomic E-state index is 5.44. The third kappa shape index (κ3) is 2.85. The quantitative estimate of drug-likeness (QED) is 0.333. The highest BCUT2D eigenvalue weighted by Gasteiger charge is 2.16. The van der Waals surface area contributed by atoms with Crippen LogP contribution in [0.25, 0.3) is 41.6 Å². The number of benzene rings is 2. The van der Waals surface area contributed by atoms with E-state index in [1.165, 1.54) is 37.4 Å². The predicted octanol–water partition coefficient (Wildman–Crippen LogP) is 6.96. The normalized spacial score (nSPS) is 11.1. The molecule has 0 aliphatic rings. The third-order valence-electron chi connectivity index (χ3n) is 4.48. The number of oxazole rings is 1. The fraction of sp³-hybridized carbons (Fsp3) is 0.0455. The monoisotopic (exact) mass is 389 g/mol. The van der Waals surface area contributed by atoms with E-state index in [9.17, 15) is 0 Å². The molecule has 0 saturated heterocycles. The van der Waals surface area contributed by atoms with Gasteiger partial charge in [-0.05, 0) is 42.0 Å². The third-order valence-corrected chi connectivity index (χ3v) is 7.03. The first-order valence-electron chi connectivity index (χ1n) is 8.48. The smallest absolute Gasteiger partial charge is 0.181 e. The summed E-state index contributed by atoms with van der Waals surface area (Å²) < 4.78 is 10.7. The first-order valence-corrected chi connectivity index (χ1v) is 10.1. The maximum atomic E-state index is 5.44. The molecule has 0 unspecified atom stereocenters. The van der Waals surface area contributed by atoms with Crippen LogP contribution in [0.2, 0.25) is 0 Å². The second-order valence-corrected chi connectivity index (χ2v) is 8.17. The van der Waals surface area contributed by atoms with Gasteiger partial charge in [0, 0.05) is 20.5 Å². The van der Waals surface area contributed by atoms with E-state index in [4.69, 9.17) is 9.15 Å². The fourth-order valence-corrected chi connectivity index (χ4v) is 5.53. The van der Waals surface area contributed by atoms with Crippen LogP contribution in [0.4, 0.5) is 0 Å². The standard InChI is InChI=1S/C22H15NO2S2/c1-24-15-8-6-14(7-9-15)21-16-4-2-3-5-17(16)22(27-21)20-11-10-19(26-20)18-12-23-13-25-18/h2-13H,1H3. The number of nitrogens with zero attached hydrogens (tertiary/aromatic N) is 1. The average molecular weight is 390 g/mol. The lowest BCUT2D eigenvalue weighted by molar-refractivity contribution is 0.415. The fourth-order valence-electron chi connectivity index (χ4n) is 3.16. The Morgan fingerprint density at radius 2 is 1.56 bits per heavy atom. The lowest BCUT2D eigenvalue weighted by Gasteiger charge is -2.02. The molecule has 132 valence electrons. The van der Waals surface area contributed by atoms with Crippen molar-refractivity contribution in [1.29, 1.82) is 0 Å². The van der Waals surface area contributed by atoms with Crippen LogP contribution in [0.5, 0.6) is 5.75 Å². The first-order chi connectivity index (χ1) is 13.3. The molecule has 3 nitrogen and oxygen atoms in total. The van der Waals surface area contributed by atoms with Crippen LogP contribution in [0, 0.1) is 0 Å². The molecule has 0 spiro atoms. The van der Waals surface area contributed by atoms with Crippen LogP contribution in [-0.2, 0) is 0 Å². The molecule has 5 aromatic rings. The molecular formula is C22H15NO2S2. The Morgan fingerprint density at radius 1 is 0.815 bits per heavy atom. The largest absolute Gasteiger partial charge is 0.497 e. The molecule has 0 aliphatic heterocycles. The summed E-state index contributed by atoms with van der Waals surface area (Å²) in [7, 11) is 1.69. The Balaban J connectivity index is 1.65. The molecule has 5 rings (SSSR count). The molecule has 0 saturated carbocycles. The minimum Gasteiger partial charge on any atom is -0.497 e. The maximum Gasteiger partial charge on any atom is 0.181 e. The van der Waals surface area contributed by atoms with Crippen LogP contribution >= 0.6 is 22.7 Å². The molecule has 3 aromatic heterocycles. The number of thiophene rings is 2. The van der Waals surface area contributed by atoms with Crippen LogP contribution in [0.3, 0.4) is 0 Å². The SMILES string of the molecule is COc1ccc(-c2sc(-c3ccc(-c4cnco4)s3)c3ccccc23)cc1. The van der Waals surface area contributed by atoms with E-state index in [1.807, 2.05) is 23.5 Å². The molecule has 3 heterocycles. The van der Waals surface area contributed by atoms with Gasteiger partial charge in [0.05, 0.1) is 23.1 Å². The molecule has 0 fully saturated rings. The lowest BCUT2D eigenvalue weighted by atomic mass is 10.1. The van der Waals surface area contributed by atoms with E-state index in [1.54, 1.807) is 24.6 Å². The van der Waals surface area contributed by atoms with E-state index in [0.717, 1.165) is 16.4 Å². The van der Waals surface area contributed by atoms with Crippen molar-refractivity contribution in [3.63, 3.8) is 0 Å². The van der Waals surface area contributed by atoms with Gasteiger partial charge in [-0.25, -0.2) is 4.98 Å². The van der Waals surface area contributed by atoms with Gasteiger partial charge in [0.2, 0.25) is 0 Å². The van der Waals surface area contributed by atoms with Crippen molar-refractivity contribution in [2.24, 2.45) is 0 Å². The van der Waals surface area contributed by atoms with Crippen molar-refractivity contribution in [3.8, 4) is 36.6 Å². The van der Waals surface area contributed by atoms with Crippen molar-refractivity contribution in [3.05, 3.63) is 73.3 Å². The highest BCUT2D eigenvalue weighted by molar-refractivity contribution is 7.26. The molecule has 0 radical (unpaired) electrons. The van der Waals surface area contributed by atoms with E-state index in [-0.39, 0.29) is 0 Å². The van der Waals surface area contributed by atoms with Gasteiger partial charge >= 0.3 is 0 Å². The number of methoxy groups -OCH3 is 1. The summed E-state index contributed by atoms with van der Waals surface area (Å²) in [5, 5.41) is 2.55. The van der Waals surface area contributed by atoms with Crippen molar-refractivity contribution >= 4 is 33.4 Å². The minimum atomic E-state index is 0.808. The summed E-state index contributed by atoms with van der Waals surface area (Å²) in [4.78, 5) is 8.91. The Labute approximate surface area is 164 Å². The topological polar surface area (TPSA) is 35.3 Å². The summed E-state index contributed by atoms with van der Waals surface area (Å²) in [5.41, 5.74) is 1.20. The van der Waals surface area contributed by atoms with Gasteiger partial charge in [-0.15, -0.1) is 22.7 Å². The van der Waals surface area contributed by atoms with Crippen LogP contribution in [0.15, 0.2) is 77.7 Å². The van der Waals surface area contributed by atoms with Crippen molar-refractivity contribution in [2.75, 3.05) is 7.11 Å². The Bertz CT molecular complexity index is 1200. The Morgan fingerprint density at radius 3 is 2.26 bits per heavy atom. The number of hydrogen-bond acceptors (Lipinski definition) is 5. The summed E-state index contributed by atoms with van der Waals surface area (Å²) in [6.45, 7) is 0. The van der Waals surface area contributed by atoms with Gasteiger partial charge in [0.15, 0.2) is 12.2 Å². The van der Waals surface area contributed by atoms with Crippen molar-refractivity contribution in [2.45, 2.75) is 0 Å². The number of ether oxygens (including phenoxy) is 1. The molecule has 0 N–H and O–H groups in total. The summed E-state index contributed by atoms with van der Waals surface area (Å²) in [5.74, 6) is 1.68. The van der Waals surface area contributed by atoms with E-state index >= 15 is 0 Å². The first kappa shape index (κ1) is 16.3. The van der Waals surface area contributed by atoms with E-state index in [0.29, 0.717) is 0 Å². The summed E-state index contributed by atoms with van der Waals surface area (Å²) >= 11 is 3.56. The van der Waals surface area contributed by atoms with Gasteiger partial charge in [-0.3, -0.25) is 0 Å². The molecule has 27 heavy (non-hydrogen) atoms. The molecular weight excluding hydrogens is 374 g/mol. The molecule has 0 atom stereocenters. The molecule has 2 aromatic carbocycles. The zero-order valence-corrected chi connectivity index (χ0v) is 16.1. The number of aromatic nitrogens is 1. The van der Waals surface area contributed by atoms with Gasteiger partial charge in [0.1, 0.15) is 5.75 Å². The average Bonchev–Trinajstić information content (AvgIpc) is 3.46. The van der Waals surface area contributed by atoms with Crippen LogP contribution in [0.1, 0.15) is 0 Å². The van der Waals surface area contributed by atoms with Gasteiger partial charge in [-0.1, -0.05) is 24.3 Å². The lowest BCUT2D eigenvalue weighted by Crippen LogP contribution is -1.81. The number of hydrogen-bond donors (Lipinski definition) is 0. The van der Waals surface area contributed by atoms with E-state index in [2.05, 4.69) is 53.5 Å². The van der Waals surface area contributed by atoms with Gasteiger partial charge in [0.25, 0.3) is 0 Å². The molecule has 0 amide bonds. The van der Waals surface area contributed by atoms with Crippen LogP contribution in [-0.4, -0.2) is 12.1 Å². The molecule has 5 heteroatoms. The van der Waals surface area contributed by atoms with Gasteiger partial charge in [-0.2, -0.15) is 0 Å². The zero-order chi connectivity index (χ0) is 18.2. The summed E-state index contributed by atoms with van der Waals surface area (Å²) in [6, 6.07) is 21.1. The number of rotatable bonds is 4. The summed E-state index contributed by atoms with van der Waals surface area (Å²) in [6.07, 6.45) is 3.22. The molecule has 0 bridgehead atoms. The van der Waals surface area contributed by atoms with E-state index < -0.39 is 0 Å². The Hall–Kier alpha value is -2.89. The second kappa shape index (κ2) is 6.68. The minimum absolute atomic E-state index is 0.808. The number of fused-ring (bicyclic) bond motifs is 1. The van der Waals surface area contributed by atoms with Gasteiger partial charge < -0.3 is 9.15 Å². The highest BCUT2D eigenvalue weighted by atomic mass is 32.1.